The van der Waals surface area contributed by atoms with Gasteiger partial charge in [-0.3, -0.25) is 0 Å². The number of anilines is 1. The van der Waals surface area contributed by atoms with Crippen molar-refractivity contribution in [2.75, 3.05) is 18.5 Å². The summed E-state index contributed by atoms with van der Waals surface area (Å²) in [5.74, 6) is 0. The molecule has 1 aliphatic heterocycles. The number of hydrogen-bond acceptors (Lipinski definition) is 3. The van der Waals surface area contributed by atoms with Gasteiger partial charge in [0.15, 0.2) is 0 Å². The molecule has 0 saturated carbocycles. The lowest BCUT2D eigenvalue weighted by atomic mass is 10.1. The average molecular weight is 299 g/mol. The summed E-state index contributed by atoms with van der Waals surface area (Å²) in [5.41, 5.74) is -1.15. The fraction of sp³-hybridized carbons (Fsp3) is 0.385. The van der Waals surface area contributed by atoms with E-state index in [1.54, 1.807) is 6.07 Å². The Kier molecular flexibility index (Phi) is 4.33. The van der Waals surface area contributed by atoms with Gasteiger partial charge in [0.2, 0.25) is 0 Å². The lowest BCUT2D eigenvalue weighted by molar-refractivity contribution is -0.137. The molecule has 8 heteroatoms. The monoisotopic (exact) mass is 299 g/mol. The molecule has 21 heavy (non-hydrogen) atoms. The van der Waals surface area contributed by atoms with Gasteiger partial charge in [0.05, 0.1) is 29.5 Å². The van der Waals surface area contributed by atoms with Gasteiger partial charge in [-0.2, -0.15) is 18.4 Å². The van der Waals surface area contributed by atoms with Crippen LogP contribution in [0.1, 0.15) is 17.5 Å². The number of hydrogen-bond donors (Lipinski definition) is 2. The summed E-state index contributed by atoms with van der Waals surface area (Å²) < 4.78 is 42.7. The van der Waals surface area contributed by atoms with E-state index >= 15 is 0 Å². The van der Waals surface area contributed by atoms with Gasteiger partial charge in [0.25, 0.3) is 0 Å². The average Bonchev–Trinajstić information content (AvgIpc) is 2.90. The first-order chi connectivity index (χ1) is 9.90. The zero-order valence-corrected chi connectivity index (χ0v) is 10.8. The highest BCUT2D eigenvalue weighted by atomic mass is 19.4. The summed E-state index contributed by atoms with van der Waals surface area (Å²) in [6.45, 7) is 0.945. The second-order valence-electron chi connectivity index (χ2n) is 4.53. The van der Waals surface area contributed by atoms with Crippen LogP contribution >= 0.6 is 0 Å². The number of halogens is 3. The number of alkyl halides is 3. The van der Waals surface area contributed by atoms with E-state index in [4.69, 9.17) is 10.00 Å². The van der Waals surface area contributed by atoms with Crippen LogP contribution in [0.25, 0.3) is 0 Å². The Hall–Kier alpha value is -2.27. The van der Waals surface area contributed by atoms with Crippen LogP contribution in [0, 0.1) is 11.3 Å². The van der Waals surface area contributed by atoms with Crippen molar-refractivity contribution in [2.24, 2.45) is 0 Å². The molecule has 2 amide bonds. The molecule has 1 unspecified atom stereocenters. The Bertz CT molecular complexity index is 575. The molecule has 0 bridgehead atoms. The highest BCUT2D eigenvalue weighted by molar-refractivity contribution is 5.91. The van der Waals surface area contributed by atoms with Crippen molar-refractivity contribution in [1.29, 1.82) is 5.26 Å². The van der Waals surface area contributed by atoms with Crippen molar-refractivity contribution < 1.29 is 22.7 Å². The minimum Gasteiger partial charge on any atom is -0.379 e. The highest BCUT2D eigenvalue weighted by Crippen LogP contribution is 2.31. The van der Waals surface area contributed by atoms with E-state index in [1.807, 2.05) is 0 Å². The third kappa shape index (κ3) is 3.86. The quantitative estimate of drug-likeness (QED) is 0.881. The number of carbonyl (C=O) groups excluding carboxylic acids is 1. The van der Waals surface area contributed by atoms with Crippen LogP contribution in [0.15, 0.2) is 18.2 Å². The van der Waals surface area contributed by atoms with Gasteiger partial charge in [0.1, 0.15) is 6.07 Å². The largest absolute Gasteiger partial charge is 0.416 e. The van der Waals surface area contributed by atoms with Crippen LogP contribution < -0.4 is 10.6 Å². The molecule has 0 aliphatic carbocycles. The molecule has 0 spiro atoms. The second-order valence-corrected chi connectivity index (χ2v) is 4.53. The number of carbonyl (C=O) groups is 1. The minimum atomic E-state index is -4.53. The molecule has 1 atom stereocenters. The van der Waals surface area contributed by atoms with Crippen LogP contribution in [-0.4, -0.2) is 25.3 Å². The number of amides is 2. The van der Waals surface area contributed by atoms with Crippen molar-refractivity contribution in [3.8, 4) is 6.07 Å². The van der Waals surface area contributed by atoms with E-state index in [1.165, 1.54) is 0 Å². The maximum atomic E-state index is 12.5. The molecule has 112 valence electrons. The number of nitrogens with zero attached hydrogens (tertiary/aromatic N) is 1. The zero-order chi connectivity index (χ0) is 15.5. The van der Waals surface area contributed by atoms with Crippen molar-refractivity contribution in [2.45, 2.75) is 18.6 Å². The number of ether oxygens (including phenoxy) is 1. The topological polar surface area (TPSA) is 74.2 Å². The zero-order valence-electron chi connectivity index (χ0n) is 10.8. The Labute approximate surface area is 118 Å². The molecule has 2 rings (SSSR count). The summed E-state index contributed by atoms with van der Waals surface area (Å²) in [5, 5.41) is 13.9. The first-order valence-electron chi connectivity index (χ1n) is 6.17. The van der Waals surface area contributed by atoms with Crippen molar-refractivity contribution in [3.63, 3.8) is 0 Å². The molecule has 1 heterocycles. The molecule has 2 N–H and O–H groups in total. The van der Waals surface area contributed by atoms with Gasteiger partial charge in [-0.05, 0) is 24.6 Å². The number of benzene rings is 1. The Balaban J connectivity index is 2.09. The Morgan fingerprint density at radius 2 is 2.19 bits per heavy atom. The van der Waals surface area contributed by atoms with E-state index in [0.717, 1.165) is 12.1 Å². The predicted molar refractivity (Wildman–Crippen MR) is 67.5 cm³/mol. The Morgan fingerprint density at radius 3 is 2.76 bits per heavy atom. The van der Waals surface area contributed by atoms with Gasteiger partial charge in [-0.15, -0.1) is 0 Å². The van der Waals surface area contributed by atoms with Gasteiger partial charge in [-0.1, -0.05) is 0 Å². The number of nitrogens with one attached hydrogen (secondary N) is 2. The van der Waals surface area contributed by atoms with Gasteiger partial charge in [0, 0.05) is 6.61 Å². The fourth-order valence-electron chi connectivity index (χ4n) is 1.91. The fourth-order valence-corrected chi connectivity index (χ4v) is 1.91. The molecular formula is C13H12F3N3O2. The molecule has 1 aromatic rings. The summed E-state index contributed by atoms with van der Waals surface area (Å²) in [6, 6.07) is 3.50. The third-order valence-electron chi connectivity index (χ3n) is 2.98. The molecule has 1 aliphatic rings. The second kappa shape index (κ2) is 6.01. The first-order valence-corrected chi connectivity index (χ1v) is 6.17. The number of nitriles is 1. The molecule has 1 aromatic carbocycles. The third-order valence-corrected chi connectivity index (χ3v) is 2.98. The van der Waals surface area contributed by atoms with Crippen molar-refractivity contribution >= 4 is 11.7 Å². The van der Waals surface area contributed by atoms with Gasteiger partial charge < -0.3 is 15.4 Å². The van der Waals surface area contributed by atoms with E-state index in [-0.39, 0.29) is 17.3 Å². The Morgan fingerprint density at radius 1 is 1.43 bits per heavy atom. The first kappa shape index (κ1) is 15.1. The van der Waals surface area contributed by atoms with E-state index in [9.17, 15) is 18.0 Å². The summed E-state index contributed by atoms with van der Waals surface area (Å²) in [7, 11) is 0. The maximum absolute atomic E-state index is 12.5. The van der Waals surface area contributed by atoms with Crippen LogP contribution in [0.3, 0.4) is 0 Å². The van der Waals surface area contributed by atoms with Crippen molar-refractivity contribution in [1.82, 2.24) is 5.32 Å². The smallest absolute Gasteiger partial charge is 0.379 e. The van der Waals surface area contributed by atoms with Crippen LogP contribution in [0.4, 0.5) is 23.7 Å². The standard InChI is InChI=1S/C13H12F3N3O2/c14-13(15,16)9-1-2-11(8(5-9)6-17)19-12(20)18-10-3-4-21-7-10/h1-2,5,10H,3-4,7H2,(H2,18,19,20). The normalized spacial score (nSPS) is 18.1. The van der Waals surface area contributed by atoms with E-state index < -0.39 is 17.8 Å². The predicted octanol–water partition coefficient (Wildman–Crippen LogP) is 2.49. The van der Waals surface area contributed by atoms with E-state index in [0.29, 0.717) is 25.7 Å². The summed E-state index contributed by atoms with van der Waals surface area (Å²) in [6.07, 6.45) is -3.86. The number of urea groups is 1. The summed E-state index contributed by atoms with van der Waals surface area (Å²) in [4.78, 5) is 11.7. The van der Waals surface area contributed by atoms with Crippen LogP contribution in [-0.2, 0) is 10.9 Å². The molecule has 0 radical (unpaired) electrons. The molecular weight excluding hydrogens is 287 g/mol. The summed E-state index contributed by atoms with van der Waals surface area (Å²) >= 11 is 0. The number of rotatable bonds is 2. The van der Waals surface area contributed by atoms with Crippen molar-refractivity contribution in [3.05, 3.63) is 29.3 Å². The van der Waals surface area contributed by atoms with E-state index in [2.05, 4.69) is 10.6 Å². The molecule has 5 nitrogen and oxygen atoms in total. The molecule has 1 saturated heterocycles. The molecule has 0 aromatic heterocycles. The molecule has 1 fully saturated rings. The maximum Gasteiger partial charge on any atom is 0.416 e. The van der Waals surface area contributed by atoms with Crippen LogP contribution in [0.2, 0.25) is 0 Å². The SMILES string of the molecule is N#Cc1cc(C(F)(F)F)ccc1NC(=O)NC1CCOC1. The van der Waals surface area contributed by atoms with Gasteiger partial charge >= 0.3 is 12.2 Å². The van der Waals surface area contributed by atoms with Crippen LogP contribution in [0.5, 0.6) is 0 Å². The minimum absolute atomic E-state index is 0.0296. The van der Waals surface area contributed by atoms with Gasteiger partial charge in [-0.25, -0.2) is 4.79 Å². The lowest BCUT2D eigenvalue weighted by Crippen LogP contribution is -2.38. The highest BCUT2D eigenvalue weighted by Gasteiger charge is 2.31. The lowest BCUT2D eigenvalue weighted by Gasteiger charge is -2.14.